The Morgan fingerprint density at radius 1 is 1.21 bits per heavy atom. The van der Waals surface area contributed by atoms with Crippen LogP contribution in [-0.2, 0) is 0 Å². The molecular formula is C15H13FN2O. The van der Waals surface area contributed by atoms with E-state index in [9.17, 15) is 4.39 Å². The van der Waals surface area contributed by atoms with Crippen LogP contribution < -0.4 is 10.5 Å². The summed E-state index contributed by atoms with van der Waals surface area (Å²) in [6, 6.07) is 15.0. The van der Waals surface area contributed by atoms with Crippen LogP contribution in [0, 0.1) is 17.1 Å². The Bertz CT molecular complexity index is 607. The van der Waals surface area contributed by atoms with Crippen molar-refractivity contribution in [2.45, 2.75) is 6.10 Å². The largest absolute Gasteiger partial charge is 0.484 e. The van der Waals surface area contributed by atoms with Gasteiger partial charge in [-0.15, -0.1) is 0 Å². The molecule has 0 aliphatic rings. The van der Waals surface area contributed by atoms with Crippen molar-refractivity contribution in [2.24, 2.45) is 5.73 Å². The Balaban J connectivity index is 2.21. The standard InChI is InChI=1S/C15H13FN2O/c16-13-5-2-4-12(8-13)15(10-18)19-14-6-1-3-11(7-14)9-17/h1-8,15H,10,18H2. The van der Waals surface area contributed by atoms with E-state index < -0.39 is 6.10 Å². The van der Waals surface area contributed by atoms with Gasteiger partial charge in [-0.1, -0.05) is 18.2 Å². The van der Waals surface area contributed by atoms with Gasteiger partial charge < -0.3 is 10.5 Å². The summed E-state index contributed by atoms with van der Waals surface area (Å²) in [5.74, 6) is 0.212. The van der Waals surface area contributed by atoms with Crippen LogP contribution in [0.2, 0.25) is 0 Å². The predicted molar refractivity (Wildman–Crippen MR) is 70.0 cm³/mol. The van der Waals surface area contributed by atoms with Crippen LogP contribution in [0.4, 0.5) is 4.39 Å². The Kier molecular flexibility index (Phi) is 4.11. The van der Waals surface area contributed by atoms with Gasteiger partial charge in [0.25, 0.3) is 0 Å². The van der Waals surface area contributed by atoms with Crippen molar-refractivity contribution in [1.82, 2.24) is 0 Å². The summed E-state index contributed by atoms with van der Waals surface area (Å²) in [7, 11) is 0. The lowest BCUT2D eigenvalue weighted by Gasteiger charge is -2.18. The Morgan fingerprint density at radius 3 is 2.68 bits per heavy atom. The number of nitrogens with two attached hydrogens (primary N) is 1. The molecule has 2 rings (SSSR count). The molecule has 96 valence electrons. The molecule has 0 saturated carbocycles. The highest BCUT2D eigenvalue weighted by Crippen LogP contribution is 2.22. The first-order chi connectivity index (χ1) is 9.22. The van der Waals surface area contributed by atoms with Gasteiger partial charge in [0, 0.05) is 6.54 Å². The Morgan fingerprint density at radius 2 is 2.00 bits per heavy atom. The second-order valence-electron chi connectivity index (χ2n) is 4.04. The SMILES string of the molecule is N#Cc1cccc(OC(CN)c2cccc(F)c2)c1. The van der Waals surface area contributed by atoms with Crippen molar-refractivity contribution in [3.63, 3.8) is 0 Å². The third-order valence-corrected chi connectivity index (χ3v) is 2.68. The predicted octanol–water partition coefficient (Wildman–Crippen LogP) is 2.78. The van der Waals surface area contributed by atoms with Gasteiger partial charge >= 0.3 is 0 Å². The number of hydrogen-bond acceptors (Lipinski definition) is 3. The monoisotopic (exact) mass is 256 g/mol. The van der Waals surface area contributed by atoms with E-state index in [2.05, 4.69) is 0 Å². The maximum Gasteiger partial charge on any atom is 0.136 e. The van der Waals surface area contributed by atoms with Crippen molar-refractivity contribution in [1.29, 1.82) is 5.26 Å². The molecule has 0 heterocycles. The number of ether oxygens (including phenoxy) is 1. The first-order valence-corrected chi connectivity index (χ1v) is 5.85. The van der Waals surface area contributed by atoms with Crippen molar-refractivity contribution in [3.05, 3.63) is 65.5 Å². The quantitative estimate of drug-likeness (QED) is 0.915. The minimum atomic E-state index is -0.440. The maximum absolute atomic E-state index is 13.2. The number of halogens is 1. The molecule has 0 aliphatic heterocycles. The molecule has 2 aromatic rings. The maximum atomic E-state index is 13.2. The molecule has 1 unspecified atom stereocenters. The van der Waals surface area contributed by atoms with E-state index in [4.69, 9.17) is 15.7 Å². The van der Waals surface area contributed by atoms with Crippen molar-refractivity contribution < 1.29 is 9.13 Å². The number of rotatable bonds is 4. The van der Waals surface area contributed by atoms with E-state index in [1.807, 2.05) is 6.07 Å². The second kappa shape index (κ2) is 5.98. The van der Waals surface area contributed by atoms with Crippen molar-refractivity contribution in [2.75, 3.05) is 6.54 Å². The lowest BCUT2D eigenvalue weighted by Crippen LogP contribution is -2.18. The average Bonchev–Trinajstić information content (AvgIpc) is 2.45. The topological polar surface area (TPSA) is 59.0 Å². The molecule has 2 N–H and O–H groups in total. The molecule has 3 nitrogen and oxygen atoms in total. The zero-order valence-corrected chi connectivity index (χ0v) is 10.2. The molecule has 2 aromatic carbocycles. The fraction of sp³-hybridized carbons (Fsp3) is 0.133. The van der Waals surface area contributed by atoms with E-state index in [-0.39, 0.29) is 12.4 Å². The van der Waals surface area contributed by atoms with Crippen LogP contribution in [-0.4, -0.2) is 6.54 Å². The van der Waals surface area contributed by atoms with E-state index in [0.717, 1.165) is 0 Å². The molecule has 0 fully saturated rings. The number of nitrogens with zero attached hydrogens (tertiary/aromatic N) is 1. The fourth-order valence-electron chi connectivity index (χ4n) is 1.76. The van der Waals surface area contributed by atoms with Gasteiger partial charge in [-0.3, -0.25) is 0 Å². The number of benzene rings is 2. The zero-order chi connectivity index (χ0) is 13.7. The molecule has 0 amide bonds. The minimum absolute atomic E-state index is 0.222. The summed E-state index contributed by atoms with van der Waals surface area (Å²) in [5.41, 5.74) is 6.84. The lowest BCUT2D eigenvalue weighted by atomic mass is 10.1. The highest BCUT2D eigenvalue weighted by atomic mass is 19.1. The van der Waals surface area contributed by atoms with Gasteiger partial charge in [-0.2, -0.15) is 5.26 Å². The Labute approximate surface area is 111 Å². The normalized spacial score (nSPS) is 11.6. The molecule has 0 radical (unpaired) electrons. The molecule has 0 aromatic heterocycles. The molecule has 1 atom stereocenters. The molecule has 19 heavy (non-hydrogen) atoms. The van der Waals surface area contributed by atoms with Crippen LogP contribution >= 0.6 is 0 Å². The van der Waals surface area contributed by atoms with Gasteiger partial charge in [0.15, 0.2) is 0 Å². The molecule has 4 heteroatoms. The zero-order valence-electron chi connectivity index (χ0n) is 10.2. The second-order valence-corrected chi connectivity index (χ2v) is 4.04. The average molecular weight is 256 g/mol. The number of nitriles is 1. The molecular weight excluding hydrogens is 243 g/mol. The molecule has 0 spiro atoms. The van der Waals surface area contributed by atoms with E-state index in [1.54, 1.807) is 36.4 Å². The smallest absolute Gasteiger partial charge is 0.136 e. The lowest BCUT2D eigenvalue weighted by molar-refractivity contribution is 0.213. The third-order valence-electron chi connectivity index (χ3n) is 2.68. The van der Waals surface area contributed by atoms with Gasteiger partial charge in [0.1, 0.15) is 17.7 Å². The van der Waals surface area contributed by atoms with Crippen LogP contribution in [0.1, 0.15) is 17.2 Å². The molecule has 0 bridgehead atoms. The summed E-state index contributed by atoms with van der Waals surface area (Å²) in [5, 5.41) is 8.83. The van der Waals surface area contributed by atoms with Gasteiger partial charge in [0.05, 0.1) is 11.6 Å². The van der Waals surface area contributed by atoms with Crippen molar-refractivity contribution >= 4 is 0 Å². The summed E-state index contributed by atoms with van der Waals surface area (Å²) in [6.07, 6.45) is -0.440. The molecule has 0 saturated heterocycles. The van der Waals surface area contributed by atoms with Crippen LogP contribution in [0.5, 0.6) is 5.75 Å². The van der Waals surface area contributed by atoms with Gasteiger partial charge in [-0.25, -0.2) is 4.39 Å². The summed E-state index contributed by atoms with van der Waals surface area (Å²) in [6.45, 7) is 0.222. The van der Waals surface area contributed by atoms with Crippen molar-refractivity contribution in [3.8, 4) is 11.8 Å². The highest BCUT2D eigenvalue weighted by Gasteiger charge is 2.12. The van der Waals surface area contributed by atoms with Gasteiger partial charge in [0.2, 0.25) is 0 Å². The minimum Gasteiger partial charge on any atom is -0.484 e. The third kappa shape index (κ3) is 3.30. The van der Waals surface area contributed by atoms with Crippen LogP contribution in [0.3, 0.4) is 0 Å². The Hall–Kier alpha value is -2.38. The fourth-order valence-corrected chi connectivity index (χ4v) is 1.76. The van der Waals surface area contributed by atoms with Crippen LogP contribution in [0.15, 0.2) is 48.5 Å². The first-order valence-electron chi connectivity index (χ1n) is 5.85. The highest BCUT2D eigenvalue weighted by molar-refractivity contribution is 5.36. The van der Waals surface area contributed by atoms with Gasteiger partial charge in [-0.05, 0) is 35.9 Å². The van der Waals surface area contributed by atoms with E-state index in [1.165, 1.54) is 12.1 Å². The summed E-state index contributed by atoms with van der Waals surface area (Å²) >= 11 is 0. The number of hydrogen-bond donors (Lipinski definition) is 1. The van der Waals surface area contributed by atoms with E-state index >= 15 is 0 Å². The first kappa shape index (κ1) is 13.1. The van der Waals surface area contributed by atoms with Crippen LogP contribution in [0.25, 0.3) is 0 Å². The van der Waals surface area contributed by atoms with E-state index in [0.29, 0.717) is 16.9 Å². The molecule has 0 aliphatic carbocycles. The summed E-state index contributed by atoms with van der Waals surface area (Å²) in [4.78, 5) is 0. The summed E-state index contributed by atoms with van der Waals surface area (Å²) < 4.78 is 18.9.